The number of fused-ring (bicyclic) bond motifs is 3. The van der Waals surface area contributed by atoms with E-state index in [0.29, 0.717) is 5.56 Å². The molecule has 0 unspecified atom stereocenters. The van der Waals surface area contributed by atoms with E-state index in [-0.39, 0.29) is 31.3 Å². The van der Waals surface area contributed by atoms with Crippen LogP contribution in [-0.2, 0) is 35.1 Å². The Balaban J connectivity index is 1.49. The summed E-state index contributed by atoms with van der Waals surface area (Å²) in [5, 5.41) is 17.3. The van der Waals surface area contributed by atoms with Gasteiger partial charge in [0.25, 0.3) is 0 Å². The maximum absolute atomic E-state index is 13.7. The van der Waals surface area contributed by atoms with Crippen molar-refractivity contribution in [3.8, 4) is 11.1 Å². The number of amides is 3. The molecule has 1 aliphatic rings. The van der Waals surface area contributed by atoms with Crippen LogP contribution in [-0.4, -0.2) is 65.3 Å². The lowest BCUT2D eigenvalue weighted by Gasteiger charge is -2.27. The van der Waals surface area contributed by atoms with E-state index in [4.69, 9.17) is 9.47 Å². The molecule has 0 aliphatic heterocycles. The maximum Gasteiger partial charge on any atom is 0.407 e. The number of carbonyl (C=O) groups excluding carboxylic acids is 4. The molecule has 49 heavy (non-hydrogen) atoms. The van der Waals surface area contributed by atoms with Gasteiger partial charge in [0.15, 0.2) is 0 Å². The number of carbonyl (C=O) groups is 5. The van der Waals surface area contributed by atoms with Crippen molar-refractivity contribution in [2.75, 3.05) is 6.61 Å². The summed E-state index contributed by atoms with van der Waals surface area (Å²) in [7, 11) is 0. The van der Waals surface area contributed by atoms with Crippen LogP contribution in [0.1, 0.15) is 70.1 Å². The van der Waals surface area contributed by atoms with E-state index in [1.165, 1.54) is 0 Å². The number of hydrogen-bond acceptors (Lipinski definition) is 7. The molecule has 3 aromatic rings. The molecule has 0 aromatic heterocycles. The zero-order chi connectivity index (χ0) is 35.7. The molecule has 3 atom stereocenters. The first kappa shape index (κ1) is 36.6. The SMILES string of the molecule is CC(C)C[C@H](NC(=O)[C@H](CC(=O)O)NC(=O)[C@H](Cc1ccccc1)NC(=O)OCC1c2ccccc2-c2ccccc21)C(=O)OC(C)(C)C. The first-order chi connectivity index (χ1) is 23.2. The minimum atomic E-state index is -1.55. The summed E-state index contributed by atoms with van der Waals surface area (Å²) in [6, 6.07) is 20.9. The summed E-state index contributed by atoms with van der Waals surface area (Å²) < 4.78 is 11.1. The van der Waals surface area contributed by atoms with Gasteiger partial charge in [-0.25, -0.2) is 9.59 Å². The molecular weight excluding hydrogens is 626 g/mol. The normalized spacial score (nSPS) is 14.1. The summed E-state index contributed by atoms with van der Waals surface area (Å²) in [6.45, 7) is 8.84. The summed E-state index contributed by atoms with van der Waals surface area (Å²) >= 11 is 0. The van der Waals surface area contributed by atoms with Crippen LogP contribution >= 0.6 is 0 Å². The van der Waals surface area contributed by atoms with Crippen molar-refractivity contribution in [3.05, 3.63) is 95.6 Å². The average molecular weight is 672 g/mol. The molecule has 11 nitrogen and oxygen atoms in total. The number of carboxylic acids is 1. The van der Waals surface area contributed by atoms with Crippen molar-refractivity contribution in [2.24, 2.45) is 5.92 Å². The zero-order valence-electron chi connectivity index (χ0n) is 28.5. The van der Waals surface area contributed by atoms with E-state index in [1.54, 1.807) is 45.0 Å². The van der Waals surface area contributed by atoms with Crippen LogP contribution in [0.25, 0.3) is 11.1 Å². The Kier molecular flexibility index (Phi) is 12.2. The van der Waals surface area contributed by atoms with Gasteiger partial charge in [-0.15, -0.1) is 0 Å². The molecule has 260 valence electrons. The van der Waals surface area contributed by atoms with Crippen molar-refractivity contribution < 1.29 is 38.6 Å². The molecule has 0 saturated heterocycles. The maximum atomic E-state index is 13.7. The highest BCUT2D eigenvalue weighted by molar-refractivity contribution is 5.95. The third kappa shape index (κ3) is 10.4. The van der Waals surface area contributed by atoms with Gasteiger partial charge in [-0.1, -0.05) is 92.7 Å². The van der Waals surface area contributed by atoms with Crippen molar-refractivity contribution in [2.45, 2.75) is 83.5 Å². The molecule has 3 amide bonds. The largest absolute Gasteiger partial charge is 0.481 e. The number of ether oxygens (including phenoxy) is 2. The monoisotopic (exact) mass is 671 g/mol. The van der Waals surface area contributed by atoms with Crippen molar-refractivity contribution in [1.82, 2.24) is 16.0 Å². The van der Waals surface area contributed by atoms with Gasteiger partial charge in [0, 0.05) is 12.3 Å². The molecular formula is C38H45N3O8. The van der Waals surface area contributed by atoms with E-state index in [2.05, 4.69) is 16.0 Å². The molecule has 1 aliphatic carbocycles. The lowest BCUT2D eigenvalue weighted by atomic mass is 9.98. The molecule has 0 saturated carbocycles. The third-order valence-corrected chi connectivity index (χ3v) is 7.96. The van der Waals surface area contributed by atoms with Crippen LogP contribution in [0.4, 0.5) is 4.79 Å². The number of nitrogens with one attached hydrogen (secondary N) is 3. The highest BCUT2D eigenvalue weighted by Crippen LogP contribution is 2.44. The van der Waals surface area contributed by atoms with Gasteiger partial charge in [-0.05, 0) is 60.9 Å². The van der Waals surface area contributed by atoms with E-state index in [0.717, 1.165) is 22.3 Å². The molecule has 4 rings (SSSR count). The number of benzene rings is 3. The second-order valence-corrected chi connectivity index (χ2v) is 13.6. The van der Waals surface area contributed by atoms with E-state index < -0.39 is 60.0 Å². The smallest absolute Gasteiger partial charge is 0.407 e. The molecule has 0 heterocycles. The highest BCUT2D eigenvalue weighted by atomic mass is 16.6. The fourth-order valence-electron chi connectivity index (χ4n) is 5.83. The van der Waals surface area contributed by atoms with Crippen molar-refractivity contribution in [3.63, 3.8) is 0 Å². The quantitative estimate of drug-likeness (QED) is 0.175. The Hall–Kier alpha value is -5.19. The summed E-state index contributed by atoms with van der Waals surface area (Å²) in [5.74, 6) is -3.90. The van der Waals surface area contributed by atoms with Gasteiger partial charge in [0.2, 0.25) is 11.8 Å². The Morgan fingerprint density at radius 2 is 1.27 bits per heavy atom. The fourth-order valence-corrected chi connectivity index (χ4v) is 5.83. The molecule has 0 fully saturated rings. The lowest BCUT2D eigenvalue weighted by molar-refractivity contribution is -0.159. The summed E-state index contributed by atoms with van der Waals surface area (Å²) in [6.07, 6.45) is -1.34. The Bertz CT molecular complexity index is 1600. The molecule has 3 aromatic carbocycles. The minimum Gasteiger partial charge on any atom is -0.481 e. The zero-order valence-corrected chi connectivity index (χ0v) is 28.5. The number of carboxylic acid groups (broad SMARTS) is 1. The number of alkyl carbamates (subject to hydrolysis) is 1. The summed E-state index contributed by atoms with van der Waals surface area (Å²) in [4.78, 5) is 65.1. The van der Waals surface area contributed by atoms with E-state index in [9.17, 15) is 29.1 Å². The van der Waals surface area contributed by atoms with Crippen LogP contribution in [0, 0.1) is 5.92 Å². The second kappa shape index (κ2) is 16.3. The number of rotatable bonds is 14. The van der Waals surface area contributed by atoms with Gasteiger partial charge in [-0.3, -0.25) is 14.4 Å². The first-order valence-corrected chi connectivity index (χ1v) is 16.4. The van der Waals surface area contributed by atoms with Gasteiger partial charge < -0.3 is 30.5 Å². The third-order valence-electron chi connectivity index (χ3n) is 7.96. The predicted molar refractivity (Wildman–Crippen MR) is 184 cm³/mol. The van der Waals surface area contributed by atoms with Crippen LogP contribution in [0.15, 0.2) is 78.9 Å². The van der Waals surface area contributed by atoms with Crippen LogP contribution in [0.5, 0.6) is 0 Å². The second-order valence-electron chi connectivity index (χ2n) is 13.6. The summed E-state index contributed by atoms with van der Waals surface area (Å²) in [5.41, 5.74) is 4.08. The number of esters is 1. The highest BCUT2D eigenvalue weighted by Gasteiger charge is 2.34. The topological polar surface area (TPSA) is 160 Å². The van der Waals surface area contributed by atoms with E-state index >= 15 is 0 Å². The van der Waals surface area contributed by atoms with Crippen LogP contribution < -0.4 is 16.0 Å². The van der Waals surface area contributed by atoms with Crippen molar-refractivity contribution >= 4 is 29.8 Å². The molecule has 4 N–H and O–H groups in total. The van der Waals surface area contributed by atoms with E-state index in [1.807, 2.05) is 68.4 Å². The first-order valence-electron chi connectivity index (χ1n) is 16.4. The minimum absolute atomic E-state index is 0.0120. The number of hydrogen-bond donors (Lipinski definition) is 4. The Labute approximate surface area is 286 Å². The van der Waals surface area contributed by atoms with Gasteiger partial charge >= 0.3 is 18.0 Å². The lowest BCUT2D eigenvalue weighted by Crippen LogP contribution is -2.57. The van der Waals surface area contributed by atoms with Crippen LogP contribution in [0.3, 0.4) is 0 Å². The van der Waals surface area contributed by atoms with Gasteiger partial charge in [0.1, 0.15) is 30.3 Å². The fraction of sp³-hybridized carbons (Fsp3) is 0.395. The van der Waals surface area contributed by atoms with Gasteiger partial charge in [-0.2, -0.15) is 0 Å². The predicted octanol–water partition coefficient (Wildman–Crippen LogP) is 4.97. The average Bonchev–Trinajstić information content (AvgIpc) is 3.35. The van der Waals surface area contributed by atoms with Crippen LogP contribution in [0.2, 0.25) is 0 Å². The number of aliphatic carboxylic acids is 1. The van der Waals surface area contributed by atoms with Crippen molar-refractivity contribution in [1.29, 1.82) is 0 Å². The molecule has 0 radical (unpaired) electrons. The molecule has 11 heteroatoms. The molecule has 0 bridgehead atoms. The molecule has 0 spiro atoms. The van der Waals surface area contributed by atoms with Gasteiger partial charge in [0.05, 0.1) is 6.42 Å². The Morgan fingerprint density at radius 3 is 1.82 bits per heavy atom. The standard InChI is InChI=1S/C38H45N3O8/c1-23(2)19-32(36(46)49-38(3,4)5)40-35(45)31(21-33(42)43)39-34(44)30(20-24-13-7-6-8-14-24)41-37(47)48-22-29-27-17-11-9-15-25(27)26-16-10-12-18-28(26)29/h6-18,23,29-32H,19-22H2,1-5H3,(H,39,44)(H,40,45)(H,41,47)(H,42,43)/t30-,31-,32-/m0/s1. The Morgan fingerprint density at radius 1 is 0.735 bits per heavy atom.